The van der Waals surface area contributed by atoms with Crippen molar-refractivity contribution in [1.29, 1.82) is 0 Å². The van der Waals surface area contributed by atoms with Crippen molar-refractivity contribution in [2.24, 2.45) is 4.99 Å². The van der Waals surface area contributed by atoms with Crippen LogP contribution in [-0.2, 0) is 16.0 Å². The first-order valence-electron chi connectivity index (χ1n) is 10.4. The van der Waals surface area contributed by atoms with E-state index in [-0.39, 0.29) is 42.5 Å². The van der Waals surface area contributed by atoms with E-state index >= 15 is 0 Å². The van der Waals surface area contributed by atoms with E-state index in [2.05, 4.69) is 56.3 Å². The molecule has 0 saturated carbocycles. The number of nitrogens with zero attached hydrogens (tertiary/aromatic N) is 2. The molecule has 0 aliphatic carbocycles. The van der Waals surface area contributed by atoms with Crippen molar-refractivity contribution in [3.8, 4) is 0 Å². The van der Waals surface area contributed by atoms with Gasteiger partial charge in [0, 0.05) is 37.2 Å². The third-order valence-electron chi connectivity index (χ3n) is 5.08. The van der Waals surface area contributed by atoms with Gasteiger partial charge in [0.25, 0.3) is 0 Å². The zero-order valence-electron chi connectivity index (χ0n) is 18.1. The number of amides is 1. The van der Waals surface area contributed by atoms with Gasteiger partial charge in [-0.05, 0) is 35.6 Å². The lowest BCUT2D eigenvalue weighted by Gasteiger charge is -2.34. The summed E-state index contributed by atoms with van der Waals surface area (Å²) in [6.45, 7) is 6.30. The number of carbonyl (C=O) groups excluding carboxylic acids is 1. The molecular weight excluding hydrogens is 525 g/mol. The van der Waals surface area contributed by atoms with Crippen molar-refractivity contribution >= 4 is 52.9 Å². The van der Waals surface area contributed by atoms with Crippen molar-refractivity contribution in [3.05, 3.63) is 52.2 Å². The van der Waals surface area contributed by atoms with Crippen molar-refractivity contribution in [2.45, 2.75) is 19.4 Å². The number of anilines is 1. The van der Waals surface area contributed by atoms with Crippen LogP contribution in [0.2, 0.25) is 0 Å². The zero-order chi connectivity index (χ0) is 21.2. The smallest absolute Gasteiger partial charge is 0.243 e. The van der Waals surface area contributed by atoms with Gasteiger partial charge in [0.05, 0.1) is 25.8 Å². The first-order chi connectivity index (χ1) is 14.7. The maximum absolute atomic E-state index is 12.3. The topological polar surface area (TPSA) is 78.0 Å². The van der Waals surface area contributed by atoms with Crippen LogP contribution >= 0.6 is 35.3 Å². The summed E-state index contributed by atoms with van der Waals surface area (Å²) < 4.78 is 5.50. The normalized spacial score (nSPS) is 15.6. The highest BCUT2D eigenvalue weighted by molar-refractivity contribution is 14.0. The molecule has 1 aromatic carbocycles. The molecule has 0 radical (unpaired) electrons. The van der Waals surface area contributed by atoms with E-state index in [1.807, 2.05) is 18.2 Å². The molecule has 1 aliphatic rings. The molecule has 2 aromatic rings. The number of nitrogens with one attached hydrogen (secondary N) is 3. The number of benzene rings is 1. The molecule has 1 saturated heterocycles. The Bertz CT molecular complexity index is 825. The summed E-state index contributed by atoms with van der Waals surface area (Å²) in [7, 11) is 1.72. The number of guanidine groups is 1. The first kappa shape index (κ1) is 25.6. The summed E-state index contributed by atoms with van der Waals surface area (Å²) in [5.41, 5.74) is 2.01. The average molecular weight is 558 g/mol. The molecule has 1 unspecified atom stereocenters. The number of aryl methyl sites for hydroxylation is 1. The Morgan fingerprint density at radius 3 is 2.71 bits per heavy atom. The number of aliphatic imine (C=N–C) groups is 1. The standard InChI is InChI=1S/C22H31N5O2S.HI/c1-3-17-6-4-7-18(14-17)26-21(28)16-25-22(23-2)24-15-19(20-8-5-13-30-20)27-9-11-29-12-10-27;/h4-8,13-14,19H,3,9-12,15-16H2,1-2H3,(H,26,28)(H2,23,24,25);1H. The summed E-state index contributed by atoms with van der Waals surface area (Å²) in [6, 6.07) is 12.4. The van der Waals surface area contributed by atoms with Gasteiger partial charge < -0.3 is 20.7 Å². The summed E-state index contributed by atoms with van der Waals surface area (Å²) in [4.78, 5) is 20.3. The van der Waals surface area contributed by atoms with E-state index in [1.165, 1.54) is 10.4 Å². The largest absolute Gasteiger partial charge is 0.379 e. The second-order valence-electron chi connectivity index (χ2n) is 7.09. The minimum atomic E-state index is -0.103. The molecule has 31 heavy (non-hydrogen) atoms. The quantitative estimate of drug-likeness (QED) is 0.264. The SMILES string of the molecule is CCc1cccc(NC(=O)CNC(=NC)NCC(c2cccs2)N2CCOCC2)c1.I. The molecule has 170 valence electrons. The van der Waals surface area contributed by atoms with Gasteiger partial charge in [-0.25, -0.2) is 0 Å². The van der Waals surface area contributed by atoms with Crippen LogP contribution in [0.15, 0.2) is 46.8 Å². The Labute approximate surface area is 205 Å². The Morgan fingerprint density at radius 1 is 1.23 bits per heavy atom. The lowest BCUT2D eigenvalue weighted by molar-refractivity contribution is -0.115. The third kappa shape index (κ3) is 8.06. The van der Waals surface area contributed by atoms with E-state index in [1.54, 1.807) is 18.4 Å². The van der Waals surface area contributed by atoms with E-state index in [9.17, 15) is 4.79 Å². The molecule has 9 heteroatoms. The van der Waals surface area contributed by atoms with Gasteiger partial charge in [-0.3, -0.25) is 14.7 Å². The van der Waals surface area contributed by atoms with Crippen molar-refractivity contribution in [1.82, 2.24) is 15.5 Å². The van der Waals surface area contributed by atoms with Gasteiger partial charge in [0.15, 0.2) is 5.96 Å². The fourth-order valence-corrected chi connectivity index (χ4v) is 4.29. The minimum Gasteiger partial charge on any atom is -0.379 e. The summed E-state index contributed by atoms with van der Waals surface area (Å²) in [6.07, 6.45) is 0.938. The number of hydrogen-bond donors (Lipinski definition) is 3. The van der Waals surface area contributed by atoms with Crippen LogP contribution < -0.4 is 16.0 Å². The fourth-order valence-electron chi connectivity index (χ4n) is 3.43. The predicted molar refractivity (Wildman–Crippen MR) is 139 cm³/mol. The molecule has 1 amide bonds. The number of morpholine rings is 1. The molecule has 1 atom stereocenters. The Kier molecular flexibility index (Phi) is 11.3. The van der Waals surface area contributed by atoms with Crippen LogP contribution in [0.5, 0.6) is 0 Å². The van der Waals surface area contributed by atoms with Gasteiger partial charge in [0.1, 0.15) is 0 Å². The van der Waals surface area contributed by atoms with Crippen LogP contribution in [0, 0.1) is 0 Å². The van der Waals surface area contributed by atoms with E-state index in [0.717, 1.165) is 38.4 Å². The zero-order valence-corrected chi connectivity index (χ0v) is 21.2. The first-order valence-corrected chi connectivity index (χ1v) is 11.3. The second-order valence-corrected chi connectivity index (χ2v) is 8.07. The van der Waals surface area contributed by atoms with Crippen LogP contribution in [-0.4, -0.2) is 63.2 Å². The Balaban J connectivity index is 0.00000341. The number of halogens is 1. The Hall–Kier alpha value is -1.69. The number of hydrogen-bond acceptors (Lipinski definition) is 5. The van der Waals surface area contributed by atoms with Crippen molar-refractivity contribution in [2.75, 3.05) is 51.8 Å². The van der Waals surface area contributed by atoms with Gasteiger partial charge in [-0.2, -0.15) is 0 Å². The van der Waals surface area contributed by atoms with Gasteiger partial charge in [0.2, 0.25) is 5.91 Å². The van der Waals surface area contributed by atoms with Crippen LogP contribution in [0.1, 0.15) is 23.4 Å². The third-order valence-corrected chi connectivity index (χ3v) is 6.05. The molecule has 1 aliphatic heterocycles. The molecule has 0 spiro atoms. The summed E-state index contributed by atoms with van der Waals surface area (Å²) >= 11 is 1.76. The number of ether oxygens (including phenoxy) is 1. The van der Waals surface area contributed by atoms with Crippen molar-refractivity contribution < 1.29 is 9.53 Å². The number of rotatable bonds is 8. The Morgan fingerprint density at radius 2 is 2.03 bits per heavy atom. The number of thiophene rings is 1. The molecule has 3 rings (SSSR count). The van der Waals surface area contributed by atoms with Gasteiger partial charge in [-0.15, -0.1) is 35.3 Å². The summed E-state index contributed by atoms with van der Waals surface area (Å²) in [5, 5.41) is 11.5. The molecular formula is C22H32IN5O2S. The highest BCUT2D eigenvalue weighted by Gasteiger charge is 2.23. The van der Waals surface area contributed by atoms with Gasteiger partial charge in [-0.1, -0.05) is 25.1 Å². The lowest BCUT2D eigenvalue weighted by atomic mass is 10.1. The molecule has 1 fully saturated rings. The highest BCUT2D eigenvalue weighted by atomic mass is 127. The fraction of sp³-hybridized carbons (Fsp3) is 0.455. The lowest BCUT2D eigenvalue weighted by Crippen LogP contribution is -2.47. The van der Waals surface area contributed by atoms with Crippen molar-refractivity contribution in [3.63, 3.8) is 0 Å². The van der Waals surface area contributed by atoms with E-state index in [4.69, 9.17) is 4.74 Å². The second kappa shape index (κ2) is 13.7. The molecule has 1 aromatic heterocycles. The average Bonchev–Trinajstić information content (AvgIpc) is 3.31. The van der Waals surface area contributed by atoms with Gasteiger partial charge >= 0.3 is 0 Å². The molecule has 2 heterocycles. The molecule has 7 nitrogen and oxygen atoms in total. The maximum atomic E-state index is 12.3. The minimum absolute atomic E-state index is 0. The van der Waals surface area contributed by atoms with Crippen LogP contribution in [0.3, 0.4) is 0 Å². The number of carbonyl (C=O) groups is 1. The highest BCUT2D eigenvalue weighted by Crippen LogP contribution is 2.25. The molecule has 3 N–H and O–H groups in total. The van der Waals surface area contributed by atoms with Crippen LogP contribution in [0.4, 0.5) is 5.69 Å². The van der Waals surface area contributed by atoms with E-state index < -0.39 is 0 Å². The van der Waals surface area contributed by atoms with Crippen LogP contribution in [0.25, 0.3) is 0 Å². The molecule has 0 bridgehead atoms. The van der Waals surface area contributed by atoms with E-state index in [0.29, 0.717) is 12.5 Å². The predicted octanol–water partition coefficient (Wildman–Crippen LogP) is 3.11. The summed E-state index contributed by atoms with van der Waals surface area (Å²) in [5.74, 6) is 0.511. The monoisotopic (exact) mass is 557 g/mol. The maximum Gasteiger partial charge on any atom is 0.243 e.